The van der Waals surface area contributed by atoms with Gasteiger partial charge in [0.2, 0.25) is 0 Å². The van der Waals surface area contributed by atoms with Crippen LogP contribution in [0.5, 0.6) is 0 Å². The molecular weight excluding hydrogens is 366 g/mol. The molecule has 146 valence electrons. The van der Waals surface area contributed by atoms with Crippen molar-refractivity contribution in [1.82, 2.24) is 24.8 Å². The number of carbonyl (C=O) groups is 1. The summed E-state index contributed by atoms with van der Waals surface area (Å²) < 4.78 is 0. The van der Waals surface area contributed by atoms with Gasteiger partial charge < -0.3 is 20.1 Å². The Hall–Kier alpha value is -3.52. The zero-order chi connectivity index (χ0) is 19.8. The maximum atomic E-state index is 12.8. The molecule has 1 amide bonds. The highest BCUT2D eigenvalue weighted by Crippen LogP contribution is 2.32. The number of nitrogens with zero attached hydrogens (tertiary/aromatic N) is 5. The fourth-order valence-electron chi connectivity index (χ4n) is 3.74. The van der Waals surface area contributed by atoms with Crippen LogP contribution in [-0.4, -0.2) is 64.0 Å². The summed E-state index contributed by atoms with van der Waals surface area (Å²) in [5.41, 5.74) is 3.54. The summed E-state index contributed by atoms with van der Waals surface area (Å²) >= 11 is 0. The van der Waals surface area contributed by atoms with E-state index in [0.29, 0.717) is 11.3 Å². The van der Waals surface area contributed by atoms with Gasteiger partial charge in [0.05, 0.1) is 17.5 Å². The first-order valence-electron chi connectivity index (χ1n) is 9.61. The van der Waals surface area contributed by atoms with Crippen LogP contribution >= 0.6 is 0 Å². The summed E-state index contributed by atoms with van der Waals surface area (Å²) in [5.74, 6) is -0.271. The normalized spacial score (nSPS) is 15.1. The third kappa shape index (κ3) is 3.27. The van der Waals surface area contributed by atoms with Gasteiger partial charge in [-0.05, 0) is 37.4 Å². The number of hydrogen-bond acceptors (Lipinski definition) is 6. The fourth-order valence-corrected chi connectivity index (χ4v) is 3.74. The Bertz CT molecular complexity index is 1190. The van der Waals surface area contributed by atoms with E-state index in [1.807, 2.05) is 12.1 Å². The lowest BCUT2D eigenvalue weighted by atomic mass is 10.1. The number of fused-ring (bicyclic) bond motifs is 2. The second-order valence-corrected chi connectivity index (χ2v) is 7.27. The van der Waals surface area contributed by atoms with Gasteiger partial charge in [-0.1, -0.05) is 0 Å². The number of anilines is 2. The summed E-state index contributed by atoms with van der Waals surface area (Å²) in [6.45, 7) is 4.03. The van der Waals surface area contributed by atoms with Crippen LogP contribution in [0.3, 0.4) is 0 Å². The van der Waals surface area contributed by atoms with Crippen molar-refractivity contribution >= 4 is 39.2 Å². The number of aromatic nitrogens is 4. The molecule has 0 spiro atoms. The maximum absolute atomic E-state index is 12.8. The highest BCUT2D eigenvalue weighted by atomic mass is 16.1. The van der Waals surface area contributed by atoms with Crippen molar-refractivity contribution in [2.24, 2.45) is 0 Å². The highest BCUT2D eigenvalue weighted by Gasteiger charge is 2.18. The quantitative estimate of drug-likeness (QED) is 0.561. The minimum atomic E-state index is -0.271. The number of likely N-dealkylation sites (N-methyl/N-ethyl adjacent to an activating group) is 1. The van der Waals surface area contributed by atoms with Crippen molar-refractivity contribution < 1.29 is 4.79 Å². The smallest absolute Gasteiger partial charge is 0.274 e. The number of benzene rings is 1. The molecule has 1 saturated heterocycles. The van der Waals surface area contributed by atoms with Gasteiger partial charge in [0.15, 0.2) is 5.65 Å². The van der Waals surface area contributed by atoms with Crippen molar-refractivity contribution in [3.05, 3.63) is 54.7 Å². The molecule has 3 aromatic heterocycles. The maximum Gasteiger partial charge on any atom is 0.274 e. The predicted molar refractivity (Wildman–Crippen MR) is 113 cm³/mol. The van der Waals surface area contributed by atoms with Crippen LogP contribution < -0.4 is 10.2 Å². The lowest BCUT2D eigenvalue weighted by molar-refractivity contribution is 0.102. The molecule has 0 aliphatic carbocycles. The van der Waals surface area contributed by atoms with Crippen LogP contribution in [0.4, 0.5) is 11.4 Å². The molecule has 2 N–H and O–H groups in total. The summed E-state index contributed by atoms with van der Waals surface area (Å²) in [7, 11) is 2.15. The number of aromatic amines is 1. The van der Waals surface area contributed by atoms with Gasteiger partial charge in [0, 0.05) is 55.0 Å². The predicted octanol–water partition coefficient (Wildman–Crippen LogP) is 2.51. The molecule has 5 rings (SSSR count). The average molecular weight is 387 g/mol. The minimum Gasteiger partial charge on any atom is -0.368 e. The summed E-state index contributed by atoms with van der Waals surface area (Å²) in [6, 6.07) is 9.53. The fraction of sp³-hybridized carbons (Fsp3) is 0.238. The molecule has 4 aromatic rings. The van der Waals surface area contributed by atoms with E-state index in [1.54, 1.807) is 30.9 Å². The Morgan fingerprint density at radius 2 is 1.93 bits per heavy atom. The highest BCUT2D eigenvalue weighted by molar-refractivity contribution is 6.10. The van der Waals surface area contributed by atoms with E-state index < -0.39 is 0 Å². The molecule has 0 unspecified atom stereocenters. The molecule has 1 aliphatic heterocycles. The van der Waals surface area contributed by atoms with E-state index in [-0.39, 0.29) is 5.91 Å². The first-order chi connectivity index (χ1) is 14.2. The number of hydrogen-bond donors (Lipinski definition) is 2. The van der Waals surface area contributed by atoms with Crippen molar-refractivity contribution in [2.45, 2.75) is 0 Å². The Morgan fingerprint density at radius 3 is 2.79 bits per heavy atom. The summed E-state index contributed by atoms with van der Waals surface area (Å²) in [5, 5.41) is 4.99. The Labute approximate surface area is 167 Å². The minimum absolute atomic E-state index is 0.271. The van der Waals surface area contributed by atoms with Crippen LogP contribution in [0.1, 0.15) is 10.5 Å². The van der Waals surface area contributed by atoms with Crippen molar-refractivity contribution in [3.63, 3.8) is 0 Å². The van der Waals surface area contributed by atoms with Crippen molar-refractivity contribution in [3.8, 4) is 0 Å². The molecule has 1 aromatic carbocycles. The van der Waals surface area contributed by atoms with Gasteiger partial charge in [0.25, 0.3) is 5.91 Å². The average Bonchev–Trinajstić information content (AvgIpc) is 3.23. The van der Waals surface area contributed by atoms with Crippen molar-refractivity contribution in [1.29, 1.82) is 0 Å². The van der Waals surface area contributed by atoms with E-state index in [1.165, 1.54) is 5.69 Å². The SMILES string of the molecule is CN1CCN(c2ccc(NC(=O)c3ccc4[nH]cnc4n3)c3cnccc23)CC1. The zero-order valence-electron chi connectivity index (χ0n) is 16.1. The number of imidazole rings is 1. The topological polar surface area (TPSA) is 90.0 Å². The van der Waals surface area contributed by atoms with Crippen LogP contribution in [-0.2, 0) is 0 Å². The van der Waals surface area contributed by atoms with Crippen LogP contribution in [0.2, 0.25) is 0 Å². The Balaban J connectivity index is 1.47. The standard InChI is InChI=1S/C21H21N7O/c1-27-8-10-28(11-9-27)19-5-4-16(15-12-22-7-6-14(15)19)26-21(29)18-3-2-17-20(25-18)24-13-23-17/h2-7,12-13H,8-11H2,1H3,(H,26,29)(H,23,24,25). The molecule has 0 saturated carbocycles. The number of rotatable bonds is 3. The number of carbonyl (C=O) groups excluding carboxylic acids is 1. The lowest BCUT2D eigenvalue weighted by Crippen LogP contribution is -2.44. The molecule has 4 heterocycles. The number of H-pyrrole nitrogens is 1. The van der Waals surface area contributed by atoms with Gasteiger partial charge in [-0.15, -0.1) is 0 Å². The second-order valence-electron chi connectivity index (χ2n) is 7.27. The first kappa shape index (κ1) is 17.6. The Morgan fingerprint density at radius 1 is 1.07 bits per heavy atom. The molecule has 1 fully saturated rings. The van der Waals surface area contributed by atoms with E-state index in [2.05, 4.69) is 48.2 Å². The molecule has 0 radical (unpaired) electrons. The number of amides is 1. The van der Waals surface area contributed by atoms with Gasteiger partial charge in [-0.3, -0.25) is 9.78 Å². The number of pyridine rings is 2. The molecule has 0 bridgehead atoms. The first-order valence-corrected chi connectivity index (χ1v) is 9.61. The van der Waals surface area contributed by atoms with Crippen LogP contribution in [0.25, 0.3) is 21.9 Å². The summed E-state index contributed by atoms with van der Waals surface area (Å²) in [4.78, 5) is 33.2. The van der Waals surface area contributed by atoms with Crippen molar-refractivity contribution in [2.75, 3.05) is 43.4 Å². The summed E-state index contributed by atoms with van der Waals surface area (Å²) in [6.07, 6.45) is 5.16. The number of piperazine rings is 1. The Kier molecular flexibility index (Phi) is 4.33. The second kappa shape index (κ2) is 7.14. The van der Waals surface area contributed by atoms with E-state index in [9.17, 15) is 4.79 Å². The van der Waals surface area contributed by atoms with Crippen LogP contribution in [0.15, 0.2) is 49.1 Å². The van der Waals surface area contributed by atoms with Crippen LogP contribution in [0, 0.1) is 0 Å². The molecule has 29 heavy (non-hydrogen) atoms. The third-order valence-corrected chi connectivity index (χ3v) is 5.40. The molecular formula is C21H21N7O. The monoisotopic (exact) mass is 387 g/mol. The largest absolute Gasteiger partial charge is 0.368 e. The molecule has 1 aliphatic rings. The van der Waals surface area contributed by atoms with E-state index in [0.717, 1.165) is 48.2 Å². The zero-order valence-corrected chi connectivity index (χ0v) is 16.1. The molecule has 8 nitrogen and oxygen atoms in total. The van der Waals surface area contributed by atoms with Gasteiger partial charge >= 0.3 is 0 Å². The number of nitrogens with one attached hydrogen (secondary N) is 2. The van der Waals surface area contributed by atoms with Gasteiger partial charge in [0.1, 0.15) is 5.69 Å². The lowest BCUT2D eigenvalue weighted by Gasteiger charge is -2.34. The van der Waals surface area contributed by atoms with Gasteiger partial charge in [-0.2, -0.15) is 0 Å². The molecule has 8 heteroatoms. The van der Waals surface area contributed by atoms with Gasteiger partial charge in [-0.25, -0.2) is 9.97 Å². The van der Waals surface area contributed by atoms with E-state index >= 15 is 0 Å². The third-order valence-electron chi connectivity index (χ3n) is 5.40. The molecule has 0 atom stereocenters. The van der Waals surface area contributed by atoms with E-state index in [4.69, 9.17) is 0 Å².